The Hall–Kier alpha value is -2.24. The average Bonchev–Trinajstić information content (AvgIpc) is 3.81. The van der Waals surface area contributed by atoms with Crippen LogP contribution in [0.3, 0.4) is 0 Å². The maximum absolute atomic E-state index is 7.53. The molecule has 0 N–H and O–H groups in total. The molecule has 5 heterocycles. The maximum Gasteiger partial charge on any atom is 0.0905 e. The highest BCUT2D eigenvalue weighted by Crippen LogP contribution is 2.45. The molecule has 0 radical (unpaired) electrons. The second kappa shape index (κ2) is 13.2. The summed E-state index contributed by atoms with van der Waals surface area (Å²) in [5, 5.41) is 2.50. The van der Waals surface area contributed by atoms with Crippen LogP contribution in [0.5, 0.6) is 0 Å². The molecular weight excluding hydrogens is 630 g/mol. The zero-order chi connectivity index (χ0) is 32.0. The molecule has 0 atom stereocenters. The summed E-state index contributed by atoms with van der Waals surface area (Å²) in [5.41, 5.74) is 13.9. The summed E-state index contributed by atoms with van der Waals surface area (Å²) in [6, 6.07) is 0. The molecule has 5 rings (SSSR count). The molecule has 234 valence electrons. The standard InChI is InChI=1S/C36H42Cl4N4/c1-9-19-20(10-2)32-30(40)36-24(14-6)22(12-4)34(44(36)16-8)28(38)26-18-17-25(41-26)27(37)33-21(11-3)23(13-5)35(43(33)15-7)29(39)31(19)42-32/h17-18H,9-16H2,1-8H3. The van der Waals surface area contributed by atoms with Crippen LogP contribution >= 0.6 is 46.4 Å². The third-order valence-electron chi connectivity index (χ3n) is 9.20. The van der Waals surface area contributed by atoms with Gasteiger partial charge in [-0.15, -0.1) is 0 Å². The van der Waals surface area contributed by atoms with Gasteiger partial charge in [-0.25, -0.2) is 9.97 Å². The Morgan fingerprint density at radius 1 is 0.455 bits per heavy atom. The molecule has 0 spiro atoms. The second-order valence-electron chi connectivity index (χ2n) is 11.2. The van der Waals surface area contributed by atoms with Gasteiger partial charge >= 0.3 is 0 Å². The lowest BCUT2D eigenvalue weighted by Gasteiger charge is -2.09. The first-order valence-corrected chi connectivity index (χ1v) is 17.6. The van der Waals surface area contributed by atoms with Crippen molar-refractivity contribution >= 4 is 91.8 Å². The minimum Gasteiger partial charge on any atom is -0.339 e. The smallest absolute Gasteiger partial charge is 0.0905 e. The number of hydrogen-bond acceptors (Lipinski definition) is 2. The van der Waals surface area contributed by atoms with Gasteiger partial charge in [0.1, 0.15) is 0 Å². The SMILES string of the molecule is CCC1=C(CC)c2nc1c(Cl)c1c(CC)c(CC)c(c(Cl)c3nc(c(Cl)c4c(CC)c(CC)c(c2Cl)n4CC)C=C3)n1CC. The van der Waals surface area contributed by atoms with Crippen molar-refractivity contribution in [2.45, 2.75) is 107 Å². The number of rotatable bonds is 8. The Labute approximate surface area is 281 Å². The van der Waals surface area contributed by atoms with Gasteiger partial charge in [-0.1, -0.05) is 87.9 Å². The van der Waals surface area contributed by atoms with Gasteiger partial charge in [-0.3, -0.25) is 0 Å². The van der Waals surface area contributed by atoms with Crippen molar-refractivity contribution < 1.29 is 0 Å². The molecule has 4 nitrogen and oxygen atoms in total. The summed E-state index contributed by atoms with van der Waals surface area (Å²) >= 11 is 29.7. The Bertz CT molecular complexity index is 1760. The normalized spacial score (nSPS) is 13.1. The Morgan fingerprint density at radius 3 is 1.05 bits per heavy atom. The van der Waals surface area contributed by atoms with Crippen LogP contribution in [0.4, 0.5) is 0 Å². The second-order valence-corrected chi connectivity index (χ2v) is 12.7. The van der Waals surface area contributed by atoms with Crippen molar-refractivity contribution in [3.05, 3.63) is 65.1 Å². The van der Waals surface area contributed by atoms with Crippen molar-refractivity contribution in [3.8, 4) is 0 Å². The maximum atomic E-state index is 7.53. The van der Waals surface area contributed by atoms with Crippen LogP contribution in [0.2, 0.25) is 20.1 Å². The van der Waals surface area contributed by atoms with Crippen LogP contribution in [-0.2, 0) is 38.8 Å². The summed E-state index contributed by atoms with van der Waals surface area (Å²) in [7, 11) is 0. The van der Waals surface area contributed by atoms with E-state index in [0.29, 0.717) is 44.6 Å². The number of aromatic nitrogens is 4. The van der Waals surface area contributed by atoms with E-state index in [1.807, 2.05) is 12.2 Å². The Morgan fingerprint density at radius 2 is 0.773 bits per heavy atom. The molecule has 8 heteroatoms. The van der Waals surface area contributed by atoms with E-state index in [-0.39, 0.29) is 0 Å². The number of hydrogen-bond donors (Lipinski definition) is 0. The van der Waals surface area contributed by atoms with Gasteiger partial charge in [0.2, 0.25) is 0 Å². The number of nitrogens with zero attached hydrogens (tertiary/aromatic N) is 4. The molecule has 3 aromatic rings. The third kappa shape index (κ3) is 4.87. The zero-order valence-electron chi connectivity index (χ0n) is 27.1. The van der Waals surface area contributed by atoms with Crippen molar-refractivity contribution in [1.82, 2.24) is 19.1 Å². The highest BCUT2D eigenvalue weighted by Gasteiger charge is 2.28. The molecule has 0 amide bonds. The molecule has 0 saturated carbocycles. The van der Waals surface area contributed by atoms with Gasteiger partial charge in [0.15, 0.2) is 0 Å². The molecule has 0 aliphatic carbocycles. The first kappa shape index (κ1) is 33.1. The highest BCUT2D eigenvalue weighted by molar-refractivity contribution is 6.39. The van der Waals surface area contributed by atoms with E-state index >= 15 is 0 Å². The monoisotopic (exact) mass is 670 g/mol. The fourth-order valence-electron chi connectivity index (χ4n) is 7.34. The minimum atomic E-state index is 0.603. The van der Waals surface area contributed by atoms with Crippen LogP contribution in [-0.4, -0.2) is 19.1 Å². The third-order valence-corrected chi connectivity index (χ3v) is 10.7. The Balaban J connectivity index is 2.23. The van der Waals surface area contributed by atoms with E-state index in [9.17, 15) is 0 Å². The lowest BCUT2D eigenvalue weighted by Crippen LogP contribution is -1.98. The summed E-state index contributed by atoms with van der Waals surface area (Å²) in [6.45, 7) is 18.7. The van der Waals surface area contributed by atoms with Crippen molar-refractivity contribution in [3.63, 3.8) is 0 Å². The van der Waals surface area contributed by atoms with Gasteiger partial charge in [0.05, 0.1) is 64.9 Å². The lowest BCUT2D eigenvalue weighted by molar-refractivity contribution is 0.820. The highest BCUT2D eigenvalue weighted by atomic mass is 35.5. The molecule has 44 heavy (non-hydrogen) atoms. The topological polar surface area (TPSA) is 35.6 Å². The largest absolute Gasteiger partial charge is 0.339 e. The molecule has 0 fully saturated rings. The first-order valence-electron chi connectivity index (χ1n) is 16.1. The summed E-state index contributed by atoms with van der Waals surface area (Å²) < 4.78 is 4.49. The van der Waals surface area contributed by atoms with E-state index in [0.717, 1.165) is 83.1 Å². The molecule has 0 unspecified atom stereocenters. The fourth-order valence-corrected chi connectivity index (χ4v) is 8.73. The Kier molecular flexibility index (Phi) is 9.97. The fraction of sp³-hybridized carbons (Fsp3) is 0.444. The summed E-state index contributed by atoms with van der Waals surface area (Å²) in [6.07, 6.45) is 8.78. The quantitative estimate of drug-likeness (QED) is 0.187. The predicted octanol–water partition coefficient (Wildman–Crippen LogP) is 12.1. The molecule has 0 aromatic carbocycles. The van der Waals surface area contributed by atoms with Crippen molar-refractivity contribution in [2.24, 2.45) is 0 Å². The average molecular weight is 673 g/mol. The number of halogens is 4. The number of fused-ring (bicyclic) bond motifs is 8. The zero-order valence-corrected chi connectivity index (χ0v) is 30.1. The predicted molar refractivity (Wildman–Crippen MR) is 194 cm³/mol. The molecular formula is C36H42Cl4N4. The van der Waals surface area contributed by atoms with Crippen LogP contribution in [0.25, 0.3) is 45.4 Å². The molecule has 2 aliphatic rings. The van der Waals surface area contributed by atoms with Gasteiger partial charge in [0, 0.05) is 13.1 Å². The van der Waals surface area contributed by atoms with Gasteiger partial charge in [-0.2, -0.15) is 0 Å². The van der Waals surface area contributed by atoms with Crippen LogP contribution in [0, 0.1) is 0 Å². The molecule has 2 aliphatic heterocycles. The van der Waals surface area contributed by atoms with Crippen LogP contribution < -0.4 is 0 Å². The molecule has 8 bridgehead atoms. The summed E-state index contributed by atoms with van der Waals surface area (Å²) in [4.78, 5) is 10.3. The van der Waals surface area contributed by atoms with Crippen LogP contribution in [0.1, 0.15) is 113 Å². The molecule has 0 saturated heterocycles. The van der Waals surface area contributed by atoms with E-state index < -0.39 is 0 Å². The van der Waals surface area contributed by atoms with Gasteiger partial charge in [0.25, 0.3) is 0 Å². The van der Waals surface area contributed by atoms with E-state index in [4.69, 9.17) is 56.4 Å². The van der Waals surface area contributed by atoms with Crippen LogP contribution in [0.15, 0.2) is 0 Å². The number of allylic oxidation sites excluding steroid dienone is 2. The van der Waals surface area contributed by atoms with E-state index in [1.54, 1.807) is 0 Å². The van der Waals surface area contributed by atoms with Gasteiger partial charge < -0.3 is 9.13 Å². The van der Waals surface area contributed by atoms with E-state index in [2.05, 4.69) is 64.5 Å². The molecule has 3 aromatic heterocycles. The van der Waals surface area contributed by atoms with Gasteiger partial charge in [-0.05, 0) is 97.9 Å². The van der Waals surface area contributed by atoms with E-state index in [1.165, 1.54) is 22.3 Å². The number of aryl methyl sites for hydroxylation is 6. The lowest BCUT2D eigenvalue weighted by atomic mass is 9.99. The van der Waals surface area contributed by atoms with Crippen molar-refractivity contribution in [2.75, 3.05) is 0 Å². The summed E-state index contributed by atoms with van der Waals surface area (Å²) in [5.74, 6) is 0. The van der Waals surface area contributed by atoms with Crippen molar-refractivity contribution in [1.29, 1.82) is 0 Å². The minimum absolute atomic E-state index is 0.603. The first-order chi connectivity index (χ1) is 21.2.